The second-order valence-corrected chi connectivity index (χ2v) is 16.9. The standard InChI is InChI=1S/C49H34BN2/c1-48(2)35-20-9-7-15-27(35)45-41(48)30-18-11-17-29(44(30)51-45)40-39-33-23-32(33)25-13-5-6-14-26(25)34(39)24-38-43(40)50-37-22-12-19-31-42-47(52(38)46(31)37)28-16-8-10-21-36(28)49(42,3)4/h6-12,14-22,24,32-33,51H,23H2,1-4H3/t32?,33-/m0/s1. The van der Waals surface area contributed by atoms with Crippen LogP contribution in [0.1, 0.15) is 79.3 Å². The number of para-hydroxylation sites is 2. The van der Waals surface area contributed by atoms with Crippen molar-refractivity contribution in [3.05, 3.63) is 149 Å². The van der Waals surface area contributed by atoms with E-state index in [0.29, 0.717) is 11.8 Å². The summed E-state index contributed by atoms with van der Waals surface area (Å²) in [6.07, 6.45) is 1.17. The topological polar surface area (TPSA) is 20.7 Å². The summed E-state index contributed by atoms with van der Waals surface area (Å²) in [5.74, 6) is 0.978. The number of hydrogen-bond acceptors (Lipinski definition) is 0. The van der Waals surface area contributed by atoms with Crippen molar-refractivity contribution in [2.24, 2.45) is 0 Å². The molecule has 8 aromatic rings. The van der Waals surface area contributed by atoms with Crippen LogP contribution in [0.3, 0.4) is 0 Å². The Kier molecular flexibility index (Phi) is 4.74. The van der Waals surface area contributed by atoms with Crippen molar-refractivity contribution < 1.29 is 0 Å². The number of nitrogens with one attached hydrogen (secondary N) is 1. The van der Waals surface area contributed by atoms with Gasteiger partial charge in [-0.25, -0.2) is 0 Å². The Labute approximate surface area is 304 Å². The lowest BCUT2D eigenvalue weighted by Crippen LogP contribution is -2.38. The van der Waals surface area contributed by atoms with Crippen LogP contribution in [-0.2, 0) is 10.8 Å². The molecule has 1 N–H and O–H groups in total. The molecule has 0 saturated heterocycles. The van der Waals surface area contributed by atoms with E-state index in [-0.39, 0.29) is 10.8 Å². The Morgan fingerprint density at radius 3 is 2.31 bits per heavy atom. The molecule has 2 nitrogen and oxygen atoms in total. The van der Waals surface area contributed by atoms with Gasteiger partial charge >= 0.3 is 0 Å². The maximum atomic E-state index is 4.08. The van der Waals surface area contributed by atoms with Gasteiger partial charge in [-0.1, -0.05) is 130 Å². The zero-order valence-corrected chi connectivity index (χ0v) is 29.7. The van der Waals surface area contributed by atoms with Crippen LogP contribution in [-0.4, -0.2) is 16.8 Å². The van der Waals surface area contributed by atoms with Crippen LogP contribution in [0.2, 0.25) is 0 Å². The van der Waals surface area contributed by atoms with E-state index in [2.05, 4.69) is 160 Å². The van der Waals surface area contributed by atoms with Gasteiger partial charge in [-0.15, -0.1) is 0 Å². The molecule has 1 aliphatic heterocycles. The highest BCUT2D eigenvalue weighted by atomic mass is 15.0. The van der Waals surface area contributed by atoms with Gasteiger partial charge in [0.05, 0.1) is 16.9 Å². The minimum absolute atomic E-state index is 0.0895. The first-order valence-electron chi connectivity index (χ1n) is 18.9. The predicted molar refractivity (Wildman–Crippen MR) is 214 cm³/mol. The largest absolute Gasteiger partial charge is 0.354 e. The summed E-state index contributed by atoms with van der Waals surface area (Å²) in [4.78, 5) is 4.08. The fourth-order valence-corrected chi connectivity index (χ4v) is 11.5. The fraction of sp³-hybridized carbons (Fsp3) is 0.184. The molecule has 1 unspecified atom stereocenters. The molecular weight excluding hydrogens is 627 g/mol. The summed E-state index contributed by atoms with van der Waals surface area (Å²) in [6, 6.07) is 45.9. The monoisotopic (exact) mass is 661 g/mol. The Balaban J connectivity index is 1.19. The summed E-state index contributed by atoms with van der Waals surface area (Å²) in [6.45, 7) is 9.61. The van der Waals surface area contributed by atoms with E-state index in [0.717, 1.165) is 0 Å². The molecule has 1 fully saturated rings. The smallest absolute Gasteiger partial charge is 0.197 e. The van der Waals surface area contributed by atoms with Crippen molar-refractivity contribution in [3.63, 3.8) is 0 Å². The van der Waals surface area contributed by atoms with Crippen molar-refractivity contribution in [1.82, 2.24) is 9.55 Å². The average Bonchev–Trinajstić information content (AvgIpc) is 3.55. The molecule has 4 aliphatic carbocycles. The summed E-state index contributed by atoms with van der Waals surface area (Å²) in [5, 5.41) is 2.70. The molecule has 243 valence electrons. The number of H-pyrrole nitrogens is 1. The Morgan fingerprint density at radius 1 is 0.712 bits per heavy atom. The third-order valence-corrected chi connectivity index (χ3v) is 13.7. The van der Waals surface area contributed by atoms with Gasteiger partial charge in [0.25, 0.3) is 0 Å². The average molecular weight is 662 g/mol. The van der Waals surface area contributed by atoms with Crippen LogP contribution in [0.25, 0.3) is 72.3 Å². The van der Waals surface area contributed by atoms with Crippen molar-refractivity contribution in [2.45, 2.75) is 56.8 Å². The number of rotatable bonds is 1. The quantitative estimate of drug-likeness (QED) is 0.169. The highest BCUT2D eigenvalue weighted by molar-refractivity contribution is 6.73. The molecule has 6 aromatic carbocycles. The summed E-state index contributed by atoms with van der Waals surface area (Å²) in [7, 11) is 2.52. The third-order valence-electron chi connectivity index (χ3n) is 13.7. The lowest BCUT2D eigenvalue weighted by Gasteiger charge is -2.30. The first kappa shape index (κ1) is 27.9. The first-order chi connectivity index (χ1) is 25.3. The molecule has 3 heterocycles. The number of fused-ring (bicyclic) bond motifs is 18. The molecule has 0 bridgehead atoms. The summed E-state index contributed by atoms with van der Waals surface area (Å²) >= 11 is 0. The number of nitrogens with zero attached hydrogens (tertiary/aromatic N) is 1. The molecule has 13 rings (SSSR count). The van der Waals surface area contributed by atoms with Gasteiger partial charge in [-0.3, -0.25) is 0 Å². The SMILES string of the molecule is CC1(C)c2ccccc2-c2[nH]c3c(-c4c5c(cc6c4[C@H]4CC4c4c#cccc4-6)-n4c6c(c7cccc(c74)[B]5)C(C)(C)c4ccccc4-6)cccc3c21. The minimum Gasteiger partial charge on any atom is -0.354 e. The van der Waals surface area contributed by atoms with Gasteiger partial charge in [0, 0.05) is 55.1 Å². The zero-order chi connectivity index (χ0) is 34.4. The van der Waals surface area contributed by atoms with E-state index < -0.39 is 0 Å². The van der Waals surface area contributed by atoms with Crippen LogP contribution < -0.4 is 10.9 Å². The van der Waals surface area contributed by atoms with Gasteiger partial charge in [-0.05, 0) is 86.4 Å². The molecule has 1 saturated carbocycles. The van der Waals surface area contributed by atoms with Gasteiger partial charge in [-0.2, -0.15) is 0 Å². The number of hydrogen-bond donors (Lipinski definition) is 1. The zero-order valence-electron chi connectivity index (χ0n) is 29.7. The van der Waals surface area contributed by atoms with Crippen molar-refractivity contribution >= 4 is 40.0 Å². The van der Waals surface area contributed by atoms with E-state index in [1.807, 2.05) is 0 Å². The van der Waals surface area contributed by atoms with E-state index in [9.17, 15) is 0 Å². The normalized spacial score (nSPS) is 19.4. The van der Waals surface area contributed by atoms with Crippen molar-refractivity contribution in [1.29, 1.82) is 0 Å². The summed E-state index contributed by atoms with van der Waals surface area (Å²) in [5.41, 5.74) is 25.6. The number of aromatic amines is 1. The fourth-order valence-electron chi connectivity index (χ4n) is 11.5. The molecular formula is C49H34BN2. The van der Waals surface area contributed by atoms with Crippen LogP contribution in [0.15, 0.2) is 103 Å². The number of aromatic nitrogens is 2. The Morgan fingerprint density at radius 2 is 1.44 bits per heavy atom. The first-order valence-corrected chi connectivity index (χ1v) is 18.9. The van der Waals surface area contributed by atoms with Crippen molar-refractivity contribution in [3.8, 4) is 50.5 Å². The molecule has 0 spiro atoms. The van der Waals surface area contributed by atoms with Crippen molar-refractivity contribution in [2.75, 3.05) is 0 Å². The third kappa shape index (κ3) is 3.04. The molecule has 5 aliphatic rings. The lowest BCUT2D eigenvalue weighted by atomic mass is 9.57. The maximum absolute atomic E-state index is 4.08. The van der Waals surface area contributed by atoms with Gasteiger partial charge in [0.1, 0.15) is 0 Å². The molecule has 3 heteroatoms. The van der Waals surface area contributed by atoms with E-state index >= 15 is 0 Å². The molecule has 52 heavy (non-hydrogen) atoms. The van der Waals surface area contributed by atoms with E-state index in [1.54, 1.807) is 0 Å². The lowest BCUT2D eigenvalue weighted by molar-refractivity contribution is 0.666. The predicted octanol–water partition coefficient (Wildman–Crippen LogP) is 10.2. The second-order valence-electron chi connectivity index (χ2n) is 16.9. The van der Waals surface area contributed by atoms with E-state index in [1.165, 1.54) is 123 Å². The summed E-state index contributed by atoms with van der Waals surface area (Å²) < 4.78 is 2.65. The van der Waals surface area contributed by atoms with Crippen LogP contribution in [0.5, 0.6) is 0 Å². The Bertz CT molecular complexity index is 2980. The maximum Gasteiger partial charge on any atom is 0.197 e. The molecule has 2 aromatic heterocycles. The van der Waals surface area contributed by atoms with Crippen LogP contribution >= 0.6 is 0 Å². The minimum atomic E-state index is -0.103. The second kappa shape index (κ2) is 8.83. The Hall–Kier alpha value is -5.72. The van der Waals surface area contributed by atoms with Gasteiger partial charge in [0.15, 0.2) is 7.28 Å². The van der Waals surface area contributed by atoms with E-state index in [4.69, 9.17) is 0 Å². The number of benzene rings is 5. The highest BCUT2D eigenvalue weighted by Gasteiger charge is 2.49. The molecule has 0 amide bonds. The molecule has 2 atom stereocenters. The molecule has 1 radical (unpaired) electrons. The van der Waals surface area contributed by atoms with Crippen LogP contribution in [0, 0.1) is 12.1 Å². The van der Waals surface area contributed by atoms with Gasteiger partial charge in [0.2, 0.25) is 0 Å². The van der Waals surface area contributed by atoms with Crippen LogP contribution in [0.4, 0.5) is 0 Å². The highest BCUT2D eigenvalue weighted by Crippen LogP contribution is 2.64. The van der Waals surface area contributed by atoms with Gasteiger partial charge < -0.3 is 9.55 Å².